The molecule has 118 valence electrons. The fourth-order valence-electron chi connectivity index (χ4n) is 2.94. The van der Waals surface area contributed by atoms with Crippen LogP contribution in [-0.4, -0.2) is 62.7 Å². The fourth-order valence-corrected chi connectivity index (χ4v) is 3.45. The van der Waals surface area contributed by atoms with Crippen molar-refractivity contribution in [3.8, 4) is 0 Å². The van der Waals surface area contributed by atoms with Gasteiger partial charge in [-0.15, -0.1) is 0 Å². The first-order valence-corrected chi connectivity index (χ1v) is 8.29. The molecule has 0 bridgehead atoms. The van der Waals surface area contributed by atoms with E-state index in [9.17, 15) is 4.39 Å². The van der Waals surface area contributed by atoms with E-state index < -0.39 is 0 Å². The minimum absolute atomic E-state index is 0.194. The van der Waals surface area contributed by atoms with E-state index in [0.717, 1.165) is 42.5 Å². The van der Waals surface area contributed by atoms with Gasteiger partial charge in [-0.25, -0.2) is 4.39 Å². The van der Waals surface area contributed by atoms with Crippen molar-refractivity contribution >= 4 is 15.9 Å². The number of hydrogen-bond acceptors (Lipinski definition) is 3. The molecular formula is C16H25BrFN3. The van der Waals surface area contributed by atoms with Crippen molar-refractivity contribution in [3.05, 3.63) is 34.1 Å². The van der Waals surface area contributed by atoms with Gasteiger partial charge in [-0.05, 0) is 51.7 Å². The number of halogens is 2. The molecule has 1 fully saturated rings. The van der Waals surface area contributed by atoms with E-state index in [1.807, 2.05) is 13.1 Å². The fraction of sp³-hybridized carbons (Fsp3) is 0.625. The van der Waals surface area contributed by atoms with Gasteiger partial charge in [0.1, 0.15) is 5.82 Å². The van der Waals surface area contributed by atoms with E-state index in [1.54, 1.807) is 6.07 Å². The highest BCUT2D eigenvalue weighted by molar-refractivity contribution is 9.10. The van der Waals surface area contributed by atoms with Crippen LogP contribution in [0.1, 0.15) is 12.0 Å². The average Bonchev–Trinajstić information content (AvgIpc) is 2.44. The Morgan fingerprint density at radius 1 is 1.38 bits per heavy atom. The molecule has 1 N–H and O–H groups in total. The first kappa shape index (κ1) is 16.9. The van der Waals surface area contributed by atoms with Gasteiger partial charge in [0, 0.05) is 36.2 Å². The van der Waals surface area contributed by atoms with Crippen molar-refractivity contribution in [2.24, 2.45) is 0 Å². The first-order valence-electron chi connectivity index (χ1n) is 7.49. The van der Waals surface area contributed by atoms with Gasteiger partial charge in [0.25, 0.3) is 0 Å². The number of piperazine rings is 1. The number of likely N-dealkylation sites (N-methyl/N-ethyl adjacent to an activating group) is 3. The van der Waals surface area contributed by atoms with Crippen LogP contribution in [0.25, 0.3) is 0 Å². The Balaban J connectivity index is 1.99. The van der Waals surface area contributed by atoms with Crippen LogP contribution in [0.4, 0.5) is 4.39 Å². The van der Waals surface area contributed by atoms with E-state index in [0.29, 0.717) is 12.1 Å². The number of benzene rings is 1. The molecule has 3 nitrogen and oxygen atoms in total. The SMILES string of the molecule is CNC(Cc1ccc(F)cc1Br)CC1CN(C)CCN1C. The zero-order chi connectivity index (χ0) is 15.4. The Kier molecular flexibility index (Phi) is 6.17. The van der Waals surface area contributed by atoms with E-state index >= 15 is 0 Å². The van der Waals surface area contributed by atoms with Crippen molar-refractivity contribution in [3.63, 3.8) is 0 Å². The van der Waals surface area contributed by atoms with Crippen molar-refractivity contribution in [2.45, 2.75) is 24.9 Å². The molecule has 0 aromatic heterocycles. The lowest BCUT2D eigenvalue weighted by Gasteiger charge is -2.39. The summed E-state index contributed by atoms with van der Waals surface area (Å²) < 4.78 is 14.0. The van der Waals surface area contributed by atoms with Crippen LogP contribution >= 0.6 is 15.9 Å². The second kappa shape index (κ2) is 7.68. The summed E-state index contributed by atoms with van der Waals surface area (Å²) in [6, 6.07) is 5.92. The average molecular weight is 358 g/mol. The summed E-state index contributed by atoms with van der Waals surface area (Å²) in [7, 11) is 6.40. The molecular weight excluding hydrogens is 333 g/mol. The van der Waals surface area contributed by atoms with Crippen molar-refractivity contribution in [1.82, 2.24) is 15.1 Å². The molecule has 1 aromatic rings. The predicted octanol–water partition coefficient (Wildman–Crippen LogP) is 2.35. The van der Waals surface area contributed by atoms with Gasteiger partial charge in [-0.2, -0.15) is 0 Å². The van der Waals surface area contributed by atoms with E-state index in [-0.39, 0.29) is 5.82 Å². The van der Waals surface area contributed by atoms with Crippen LogP contribution < -0.4 is 5.32 Å². The Hall–Kier alpha value is -0.490. The minimum Gasteiger partial charge on any atom is -0.317 e. The molecule has 2 unspecified atom stereocenters. The maximum atomic E-state index is 13.2. The largest absolute Gasteiger partial charge is 0.317 e. The van der Waals surface area contributed by atoms with Gasteiger partial charge in [0.05, 0.1) is 0 Å². The third-order valence-electron chi connectivity index (χ3n) is 4.43. The van der Waals surface area contributed by atoms with Gasteiger partial charge in [-0.1, -0.05) is 22.0 Å². The summed E-state index contributed by atoms with van der Waals surface area (Å²) in [6.07, 6.45) is 2.01. The van der Waals surface area contributed by atoms with E-state index in [1.165, 1.54) is 6.07 Å². The monoisotopic (exact) mass is 357 g/mol. The molecule has 0 spiro atoms. The van der Waals surface area contributed by atoms with Crippen LogP contribution in [0.2, 0.25) is 0 Å². The predicted molar refractivity (Wildman–Crippen MR) is 89.2 cm³/mol. The molecule has 2 atom stereocenters. The molecule has 1 aliphatic heterocycles. The molecule has 0 radical (unpaired) electrons. The highest BCUT2D eigenvalue weighted by Gasteiger charge is 2.25. The molecule has 1 saturated heterocycles. The molecule has 1 aliphatic rings. The van der Waals surface area contributed by atoms with Crippen molar-refractivity contribution in [1.29, 1.82) is 0 Å². The summed E-state index contributed by atoms with van der Waals surface area (Å²) in [4.78, 5) is 4.84. The molecule has 0 saturated carbocycles. The lowest BCUT2D eigenvalue weighted by molar-refractivity contribution is 0.102. The Labute approximate surface area is 135 Å². The first-order chi connectivity index (χ1) is 9.99. The number of hydrogen-bond donors (Lipinski definition) is 1. The summed E-state index contributed by atoms with van der Waals surface area (Å²) in [5.74, 6) is -0.194. The Bertz CT molecular complexity index is 469. The maximum absolute atomic E-state index is 13.2. The van der Waals surface area contributed by atoms with Gasteiger partial charge in [0.2, 0.25) is 0 Å². The summed E-state index contributed by atoms with van der Waals surface area (Å²) in [6.45, 7) is 3.37. The molecule has 5 heteroatoms. The number of nitrogens with one attached hydrogen (secondary N) is 1. The van der Waals surface area contributed by atoms with Gasteiger partial charge >= 0.3 is 0 Å². The summed E-state index contributed by atoms with van der Waals surface area (Å²) in [5.41, 5.74) is 1.16. The lowest BCUT2D eigenvalue weighted by atomic mass is 9.97. The Morgan fingerprint density at radius 2 is 2.14 bits per heavy atom. The molecule has 0 amide bonds. The van der Waals surface area contributed by atoms with Gasteiger partial charge in [0.15, 0.2) is 0 Å². The maximum Gasteiger partial charge on any atom is 0.124 e. The van der Waals surface area contributed by atoms with Crippen LogP contribution in [0.3, 0.4) is 0 Å². The third kappa shape index (κ3) is 4.74. The molecule has 2 rings (SSSR count). The highest BCUT2D eigenvalue weighted by Crippen LogP contribution is 2.21. The Morgan fingerprint density at radius 3 is 2.81 bits per heavy atom. The standard InChI is InChI=1S/C16H25BrFN3/c1-19-14(8-12-4-5-13(18)9-16(12)17)10-15-11-20(2)6-7-21(15)3/h4-5,9,14-15,19H,6-8,10-11H2,1-3H3. The molecule has 21 heavy (non-hydrogen) atoms. The molecule has 1 heterocycles. The molecule has 1 aromatic carbocycles. The van der Waals surface area contributed by atoms with Crippen molar-refractivity contribution < 1.29 is 4.39 Å². The van der Waals surface area contributed by atoms with Crippen LogP contribution in [0, 0.1) is 5.82 Å². The van der Waals surface area contributed by atoms with Crippen molar-refractivity contribution in [2.75, 3.05) is 40.8 Å². The second-order valence-corrected chi connectivity index (χ2v) is 6.91. The molecule has 0 aliphatic carbocycles. The highest BCUT2D eigenvalue weighted by atomic mass is 79.9. The normalized spacial score (nSPS) is 22.4. The third-order valence-corrected chi connectivity index (χ3v) is 5.16. The smallest absolute Gasteiger partial charge is 0.124 e. The van der Waals surface area contributed by atoms with Gasteiger partial charge in [-0.3, -0.25) is 0 Å². The zero-order valence-electron chi connectivity index (χ0n) is 13.1. The summed E-state index contributed by atoms with van der Waals surface area (Å²) >= 11 is 3.46. The topological polar surface area (TPSA) is 18.5 Å². The van der Waals surface area contributed by atoms with Crippen LogP contribution in [0.5, 0.6) is 0 Å². The van der Waals surface area contributed by atoms with E-state index in [4.69, 9.17) is 0 Å². The number of rotatable bonds is 5. The summed E-state index contributed by atoms with van der Waals surface area (Å²) in [5, 5.41) is 3.42. The number of nitrogens with zero attached hydrogens (tertiary/aromatic N) is 2. The van der Waals surface area contributed by atoms with Crippen LogP contribution in [0.15, 0.2) is 22.7 Å². The quantitative estimate of drug-likeness (QED) is 0.872. The van der Waals surface area contributed by atoms with E-state index in [2.05, 4.69) is 45.1 Å². The minimum atomic E-state index is -0.194. The lowest BCUT2D eigenvalue weighted by Crippen LogP contribution is -2.52. The van der Waals surface area contributed by atoms with Gasteiger partial charge < -0.3 is 15.1 Å². The zero-order valence-corrected chi connectivity index (χ0v) is 14.7. The second-order valence-electron chi connectivity index (χ2n) is 6.06. The van der Waals surface area contributed by atoms with Crippen LogP contribution in [-0.2, 0) is 6.42 Å².